The zero-order valence-corrected chi connectivity index (χ0v) is 16.5. The number of para-hydroxylation sites is 1. The van der Waals surface area contributed by atoms with Crippen molar-refractivity contribution in [2.24, 2.45) is 0 Å². The molecule has 0 bridgehead atoms. The molecule has 0 unspecified atom stereocenters. The number of nitrogens with zero attached hydrogens (tertiary/aromatic N) is 3. The lowest BCUT2D eigenvalue weighted by atomic mass is 10.0. The monoisotopic (exact) mass is 388 g/mol. The van der Waals surface area contributed by atoms with Gasteiger partial charge < -0.3 is 10.1 Å². The number of hydrogen-bond donors (Lipinski definition) is 1. The normalized spacial score (nSPS) is 10.6. The lowest BCUT2D eigenvalue weighted by molar-refractivity contribution is 0.410. The summed E-state index contributed by atoms with van der Waals surface area (Å²) in [6.45, 7) is 2.58. The van der Waals surface area contributed by atoms with Gasteiger partial charge in [0.15, 0.2) is 0 Å². The van der Waals surface area contributed by atoms with E-state index in [1.54, 1.807) is 18.4 Å². The van der Waals surface area contributed by atoms with E-state index >= 15 is 0 Å². The van der Waals surface area contributed by atoms with Crippen LogP contribution in [-0.2, 0) is 6.54 Å². The Kier molecular flexibility index (Phi) is 5.30. The first-order valence-corrected chi connectivity index (χ1v) is 9.83. The molecule has 2 heterocycles. The molecule has 4 aromatic rings. The first-order valence-electron chi connectivity index (χ1n) is 8.95. The van der Waals surface area contributed by atoms with Gasteiger partial charge >= 0.3 is 0 Å². The van der Waals surface area contributed by atoms with Crippen molar-refractivity contribution in [2.75, 3.05) is 12.4 Å². The second-order valence-corrected chi connectivity index (χ2v) is 7.11. The maximum atomic E-state index is 5.42. The fraction of sp³-hybridized carbons (Fsp3) is 0.136. The Morgan fingerprint density at radius 3 is 2.54 bits per heavy atom. The Morgan fingerprint density at radius 1 is 1.00 bits per heavy atom. The van der Waals surface area contributed by atoms with Crippen molar-refractivity contribution >= 4 is 17.3 Å². The minimum atomic E-state index is 0.577. The molecule has 5 nitrogen and oxygen atoms in total. The number of hydrogen-bond acceptors (Lipinski definition) is 6. The van der Waals surface area contributed by atoms with E-state index in [-0.39, 0.29) is 0 Å². The highest BCUT2D eigenvalue weighted by Gasteiger charge is 2.15. The van der Waals surface area contributed by atoms with Crippen molar-refractivity contribution in [1.82, 2.24) is 15.0 Å². The molecule has 0 saturated heterocycles. The molecular weight excluding hydrogens is 368 g/mol. The van der Waals surface area contributed by atoms with Crippen LogP contribution in [0.5, 0.6) is 5.75 Å². The highest BCUT2D eigenvalue weighted by Crippen LogP contribution is 2.34. The highest BCUT2D eigenvalue weighted by atomic mass is 32.1. The molecule has 4 rings (SSSR count). The third kappa shape index (κ3) is 3.73. The Morgan fingerprint density at radius 2 is 1.79 bits per heavy atom. The molecule has 0 aliphatic rings. The van der Waals surface area contributed by atoms with Crippen molar-refractivity contribution in [2.45, 2.75) is 13.5 Å². The number of aryl methyl sites for hydroxylation is 1. The third-order valence-corrected chi connectivity index (χ3v) is 5.40. The van der Waals surface area contributed by atoms with Crippen LogP contribution in [0.2, 0.25) is 0 Å². The van der Waals surface area contributed by atoms with E-state index in [0.29, 0.717) is 12.5 Å². The van der Waals surface area contributed by atoms with Crippen LogP contribution >= 0.6 is 11.3 Å². The molecule has 2 aromatic carbocycles. The largest absolute Gasteiger partial charge is 0.496 e. The van der Waals surface area contributed by atoms with Crippen LogP contribution in [0.4, 0.5) is 5.95 Å². The molecule has 0 atom stereocenters. The first kappa shape index (κ1) is 18.1. The molecule has 0 fully saturated rings. The zero-order chi connectivity index (χ0) is 19.3. The maximum Gasteiger partial charge on any atom is 0.223 e. The fourth-order valence-corrected chi connectivity index (χ4v) is 3.83. The molecule has 2 aromatic heterocycles. The minimum Gasteiger partial charge on any atom is -0.496 e. The van der Waals surface area contributed by atoms with Crippen LogP contribution in [-0.4, -0.2) is 22.1 Å². The average molecular weight is 388 g/mol. The Labute approximate surface area is 168 Å². The van der Waals surface area contributed by atoms with Crippen molar-refractivity contribution in [3.05, 3.63) is 77.6 Å². The smallest absolute Gasteiger partial charge is 0.223 e. The van der Waals surface area contributed by atoms with Crippen LogP contribution in [0.3, 0.4) is 0 Å². The van der Waals surface area contributed by atoms with Crippen LogP contribution < -0.4 is 10.1 Å². The van der Waals surface area contributed by atoms with Crippen molar-refractivity contribution in [3.63, 3.8) is 0 Å². The summed E-state index contributed by atoms with van der Waals surface area (Å²) in [7, 11) is 1.68. The number of nitrogens with one attached hydrogen (secondary N) is 1. The van der Waals surface area contributed by atoms with Gasteiger partial charge in [0.25, 0.3) is 0 Å². The molecule has 140 valence electrons. The molecule has 0 amide bonds. The van der Waals surface area contributed by atoms with Gasteiger partial charge in [-0.25, -0.2) is 15.0 Å². The molecule has 0 aliphatic heterocycles. The standard InChI is InChI=1S/C22H20N4OS/c1-15-21(28-14-25-15)20-18(16-8-4-3-5-9-16)13-24-22(26-20)23-12-17-10-6-7-11-19(17)27-2/h3-11,13-14H,12H2,1-2H3,(H,23,24,26). The van der Waals surface area contributed by atoms with Gasteiger partial charge in [-0.1, -0.05) is 48.5 Å². The van der Waals surface area contributed by atoms with Crippen molar-refractivity contribution in [3.8, 4) is 27.4 Å². The summed E-state index contributed by atoms with van der Waals surface area (Å²) < 4.78 is 5.42. The van der Waals surface area contributed by atoms with Gasteiger partial charge in [-0.15, -0.1) is 11.3 Å². The van der Waals surface area contributed by atoms with Gasteiger partial charge in [0.2, 0.25) is 5.95 Å². The van der Waals surface area contributed by atoms with Gasteiger partial charge in [0, 0.05) is 23.9 Å². The molecular formula is C22H20N4OS. The Balaban J connectivity index is 1.69. The second-order valence-electron chi connectivity index (χ2n) is 6.25. The number of ether oxygens (including phenoxy) is 1. The Hall–Kier alpha value is -3.25. The number of methoxy groups -OCH3 is 1. The molecule has 0 spiro atoms. The van der Waals surface area contributed by atoms with E-state index in [1.807, 2.05) is 61.1 Å². The molecule has 0 saturated carbocycles. The average Bonchev–Trinajstić information content (AvgIpc) is 3.18. The molecule has 0 radical (unpaired) electrons. The molecule has 6 heteroatoms. The van der Waals surface area contributed by atoms with E-state index in [2.05, 4.69) is 27.4 Å². The summed E-state index contributed by atoms with van der Waals surface area (Å²) in [5.41, 5.74) is 6.85. The van der Waals surface area contributed by atoms with E-state index in [1.165, 1.54) is 0 Å². The molecule has 1 N–H and O–H groups in total. The van der Waals surface area contributed by atoms with Gasteiger partial charge in [0.05, 0.1) is 28.9 Å². The van der Waals surface area contributed by atoms with Crippen molar-refractivity contribution < 1.29 is 4.74 Å². The predicted octanol–water partition coefficient (Wildman–Crippen LogP) is 5.20. The quantitative estimate of drug-likeness (QED) is 0.492. The maximum absolute atomic E-state index is 5.42. The number of benzene rings is 2. The number of rotatable bonds is 6. The summed E-state index contributed by atoms with van der Waals surface area (Å²) >= 11 is 1.59. The summed E-state index contributed by atoms with van der Waals surface area (Å²) in [4.78, 5) is 14.8. The van der Waals surface area contributed by atoms with Crippen LogP contribution in [0.1, 0.15) is 11.3 Å². The van der Waals surface area contributed by atoms with Gasteiger partial charge in [0.1, 0.15) is 5.75 Å². The van der Waals surface area contributed by atoms with E-state index in [9.17, 15) is 0 Å². The van der Waals surface area contributed by atoms with Crippen molar-refractivity contribution in [1.29, 1.82) is 0 Å². The third-order valence-electron chi connectivity index (χ3n) is 4.46. The lowest BCUT2D eigenvalue weighted by Crippen LogP contribution is -2.06. The number of anilines is 1. The number of aromatic nitrogens is 3. The lowest BCUT2D eigenvalue weighted by Gasteiger charge is -2.12. The molecule has 28 heavy (non-hydrogen) atoms. The van der Waals surface area contributed by atoms with Gasteiger partial charge in [-0.05, 0) is 18.6 Å². The minimum absolute atomic E-state index is 0.577. The number of thiazole rings is 1. The van der Waals surface area contributed by atoms with E-state index in [4.69, 9.17) is 9.72 Å². The molecule has 0 aliphatic carbocycles. The van der Waals surface area contributed by atoms with Gasteiger partial charge in [-0.3, -0.25) is 0 Å². The van der Waals surface area contributed by atoms with E-state index < -0.39 is 0 Å². The van der Waals surface area contributed by atoms with Crippen LogP contribution in [0.15, 0.2) is 66.3 Å². The first-order chi connectivity index (χ1) is 13.8. The summed E-state index contributed by atoms with van der Waals surface area (Å²) in [6, 6.07) is 18.1. The highest BCUT2D eigenvalue weighted by molar-refractivity contribution is 7.13. The SMILES string of the molecule is COc1ccccc1CNc1ncc(-c2ccccc2)c(-c2scnc2C)n1. The topological polar surface area (TPSA) is 59.9 Å². The zero-order valence-electron chi connectivity index (χ0n) is 15.7. The Bertz CT molecular complexity index is 1080. The summed E-state index contributed by atoms with van der Waals surface area (Å²) in [5, 5.41) is 3.32. The van der Waals surface area contributed by atoms with Crippen LogP contribution in [0, 0.1) is 6.92 Å². The van der Waals surface area contributed by atoms with Crippen LogP contribution in [0.25, 0.3) is 21.7 Å². The second kappa shape index (κ2) is 8.19. The van der Waals surface area contributed by atoms with E-state index in [0.717, 1.165) is 38.7 Å². The predicted molar refractivity (Wildman–Crippen MR) is 114 cm³/mol. The fourth-order valence-electron chi connectivity index (χ4n) is 3.02. The van der Waals surface area contributed by atoms with Gasteiger partial charge in [-0.2, -0.15) is 0 Å². The summed E-state index contributed by atoms with van der Waals surface area (Å²) in [6.07, 6.45) is 1.88. The summed E-state index contributed by atoms with van der Waals surface area (Å²) in [5.74, 6) is 1.42.